The fourth-order valence-electron chi connectivity index (χ4n) is 2.26. The first kappa shape index (κ1) is 15.6. The molecule has 7 nitrogen and oxygen atoms in total. The monoisotopic (exact) mass is 319 g/mol. The molecule has 1 aliphatic heterocycles. The minimum absolute atomic E-state index is 0.346. The van der Waals surface area contributed by atoms with Crippen LogP contribution in [0.5, 0.6) is 0 Å². The lowest BCUT2D eigenvalue weighted by atomic mass is 9.98. The van der Waals surface area contributed by atoms with E-state index in [1.54, 1.807) is 0 Å². The van der Waals surface area contributed by atoms with Crippen molar-refractivity contribution in [3.63, 3.8) is 0 Å². The molecule has 0 aromatic carbocycles. The molecule has 2 heterocycles. The largest absolute Gasteiger partial charge is 0.319 e. The maximum absolute atomic E-state index is 12.3. The first-order valence-corrected chi connectivity index (χ1v) is 9.05. The summed E-state index contributed by atoms with van der Waals surface area (Å²) in [5, 5.41) is 12.1. The summed E-state index contributed by atoms with van der Waals surface area (Å²) >= 11 is 1.28. The minimum Gasteiger partial charge on any atom is -0.319 e. The van der Waals surface area contributed by atoms with Crippen molar-refractivity contribution in [3.8, 4) is 0 Å². The van der Waals surface area contributed by atoms with Gasteiger partial charge in [0.05, 0.1) is 0 Å². The zero-order valence-corrected chi connectivity index (χ0v) is 13.4. The predicted octanol–water partition coefficient (Wildman–Crippen LogP) is 0.689. The summed E-state index contributed by atoms with van der Waals surface area (Å²) < 4.78 is 28.5. The molecule has 0 aliphatic carbocycles. The first-order valence-electron chi connectivity index (χ1n) is 6.80. The fourth-order valence-corrected chi connectivity index (χ4v) is 4.35. The Morgan fingerprint density at radius 2 is 2.05 bits per heavy atom. The molecule has 0 atom stereocenters. The van der Waals surface area contributed by atoms with Crippen molar-refractivity contribution in [3.05, 3.63) is 5.01 Å². The van der Waals surface area contributed by atoms with E-state index in [0.717, 1.165) is 30.8 Å². The van der Waals surface area contributed by atoms with Gasteiger partial charge in [-0.15, -0.1) is 10.2 Å². The molecule has 0 radical (unpaired) electrons. The number of nitrogens with one attached hydrogen (secondary N) is 2. The third-order valence-electron chi connectivity index (χ3n) is 3.39. The van der Waals surface area contributed by atoms with Crippen LogP contribution in [0.1, 0.15) is 24.8 Å². The lowest BCUT2D eigenvalue weighted by molar-refractivity contribution is 0.272. The lowest BCUT2D eigenvalue weighted by Crippen LogP contribution is -2.43. The fraction of sp³-hybridized carbons (Fsp3) is 0.818. The van der Waals surface area contributed by atoms with E-state index in [0.29, 0.717) is 24.1 Å². The molecule has 114 valence electrons. The molecule has 2 N–H and O–H groups in total. The Bertz CT molecular complexity index is 523. The van der Waals surface area contributed by atoms with E-state index in [2.05, 4.69) is 20.2 Å². The second kappa shape index (κ2) is 6.79. The number of aromatic nitrogens is 2. The molecule has 20 heavy (non-hydrogen) atoms. The van der Waals surface area contributed by atoms with Gasteiger partial charge in [-0.05, 0) is 38.8 Å². The molecule has 1 aliphatic rings. The number of piperidine rings is 1. The van der Waals surface area contributed by atoms with Gasteiger partial charge >= 0.3 is 10.2 Å². The van der Waals surface area contributed by atoms with E-state index in [4.69, 9.17) is 0 Å². The van der Waals surface area contributed by atoms with Crippen LogP contribution in [-0.4, -0.2) is 49.6 Å². The highest BCUT2D eigenvalue weighted by Gasteiger charge is 2.28. The van der Waals surface area contributed by atoms with Crippen LogP contribution in [0.4, 0.5) is 5.13 Å². The molecule has 0 unspecified atom stereocenters. The molecule has 1 fully saturated rings. The first-order chi connectivity index (χ1) is 9.55. The summed E-state index contributed by atoms with van der Waals surface area (Å²) in [6.45, 7) is 4.02. The molecule has 9 heteroatoms. The normalized spacial score (nSPS) is 18.3. The summed E-state index contributed by atoms with van der Waals surface area (Å²) in [7, 11) is -1.58. The van der Waals surface area contributed by atoms with Gasteiger partial charge in [-0.1, -0.05) is 18.3 Å². The molecule has 2 rings (SSSR count). The van der Waals surface area contributed by atoms with Gasteiger partial charge < -0.3 is 5.32 Å². The average molecular weight is 319 g/mol. The van der Waals surface area contributed by atoms with Crippen LogP contribution in [0.15, 0.2) is 0 Å². The van der Waals surface area contributed by atoms with Crippen LogP contribution < -0.4 is 10.0 Å². The number of nitrogens with zero attached hydrogens (tertiary/aromatic N) is 3. The van der Waals surface area contributed by atoms with Crippen LogP contribution in [0.2, 0.25) is 0 Å². The standard InChI is InChI=1S/C11H21N5O2S2/c1-3-10-13-14-11(19-10)15-20(17,18)16-6-4-9(5-7-16)8-12-2/h9,12H,3-8H2,1-2H3,(H,14,15). The third kappa shape index (κ3) is 3.87. The van der Waals surface area contributed by atoms with Gasteiger partial charge in [-0.2, -0.15) is 12.7 Å². The summed E-state index contributed by atoms with van der Waals surface area (Å²) in [5.41, 5.74) is 0. The summed E-state index contributed by atoms with van der Waals surface area (Å²) in [5.74, 6) is 0.555. The Morgan fingerprint density at radius 3 is 2.60 bits per heavy atom. The van der Waals surface area contributed by atoms with E-state index in [1.165, 1.54) is 15.6 Å². The van der Waals surface area contributed by atoms with Gasteiger partial charge in [-0.25, -0.2) is 4.72 Å². The molecule has 0 bridgehead atoms. The van der Waals surface area contributed by atoms with Gasteiger partial charge in [0.15, 0.2) is 0 Å². The number of aryl methyl sites for hydroxylation is 1. The highest BCUT2D eigenvalue weighted by Crippen LogP contribution is 2.22. The Hall–Kier alpha value is -0.770. The van der Waals surface area contributed by atoms with E-state index in [-0.39, 0.29) is 0 Å². The number of hydrogen-bond acceptors (Lipinski definition) is 6. The van der Waals surface area contributed by atoms with E-state index in [1.807, 2.05) is 14.0 Å². The van der Waals surface area contributed by atoms with Crippen molar-refractivity contribution in [2.24, 2.45) is 5.92 Å². The smallest absolute Gasteiger partial charge is 0.303 e. The molecular formula is C11H21N5O2S2. The molecule has 0 saturated carbocycles. The molecule has 1 aromatic rings. The maximum atomic E-state index is 12.3. The lowest BCUT2D eigenvalue weighted by Gasteiger charge is -2.30. The zero-order chi connectivity index (χ0) is 14.6. The highest BCUT2D eigenvalue weighted by molar-refractivity contribution is 7.90. The number of hydrogen-bond donors (Lipinski definition) is 2. The Labute approximate surface area is 124 Å². The molecule has 1 aromatic heterocycles. The minimum atomic E-state index is -3.50. The second-order valence-electron chi connectivity index (χ2n) is 4.86. The van der Waals surface area contributed by atoms with Gasteiger partial charge in [-0.3, -0.25) is 0 Å². The van der Waals surface area contributed by atoms with Crippen molar-refractivity contribution in [1.82, 2.24) is 19.8 Å². The van der Waals surface area contributed by atoms with Crippen LogP contribution in [0, 0.1) is 5.92 Å². The molecular weight excluding hydrogens is 298 g/mol. The van der Waals surface area contributed by atoms with Crippen molar-refractivity contribution < 1.29 is 8.42 Å². The SMILES string of the molecule is CCc1nnc(NS(=O)(=O)N2CCC(CNC)CC2)s1. The van der Waals surface area contributed by atoms with Crippen LogP contribution in [0.3, 0.4) is 0 Å². The highest BCUT2D eigenvalue weighted by atomic mass is 32.2. The number of anilines is 1. The summed E-state index contributed by atoms with van der Waals surface area (Å²) in [6.07, 6.45) is 2.53. The topological polar surface area (TPSA) is 87.2 Å². The van der Waals surface area contributed by atoms with Crippen LogP contribution in [-0.2, 0) is 16.6 Å². The maximum Gasteiger partial charge on any atom is 0.303 e. The Kier molecular flexibility index (Phi) is 5.30. The number of rotatable bonds is 6. The summed E-state index contributed by atoms with van der Waals surface area (Å²) in [6, 6.07) is 0. The average Bonchev–Trinajstić information content (AvgIpc) is 2.87. The third-order valence-corrected chi connectivity index (χ3v) is 6.00. The Morgan fingerprint density at radius 1 is 1.35 bits per heavy atom. The van der Waals surface area contributed by atoms with Crippen molar-refractivity contribution in [1.29, 1.82) is 0 Å². The van der Waals surface area contributed by atoms with Crippen molar-refractivity contribution in [2.45, 2.75) is 26.2 Å². The molecule has 0 amide bonds. The van der Waals surface area contributed by atoms with Gasteiger partial charge in [0.2, 0.25) is 5.13 Å². The van der Waals surface area contributed by atoms with Crippen molar-refractivity contribution in [2.75, 3.05) is 31.4 Å². The van der Waals surface area contributed by atoms with Crippen molar-refractivity contribution >= 4 is 26.7 Å². The molecule has 1 saturated heterocycles. The summed E-state index contributed by atoms with van der Waals surface area (Å²) in [4.78, 5) is 0. The zero-order valence-electron chi connectivity index (χ0n) is 11.8. The van der Waals surface area contributed by atoms with E-state index >= 15 is 0 Å². The van der Waals surface area contributed by atoms with Gasteiger partial charge in [0, 0.05) is 13.1 Å². The van der Waals surface area contributed by atoms with Crippen LogP contribution >= 0.6 is 11.3 Å². The van der Waals surface area contributed by atoms with Crippen LogP contribution in [0.25, 0.3) is 0 Å². The van der Waals surface area contributed by atoms with E-state index in [9.17, 15) is 8.42 Å². The predicted molar refractivity (Wildman–Crippen MR) is 80.1 cm³/mol. The quantitative estimate of drug-likeness (QED) is 0.805. The van der Waals surface area contributed by atoms with Gasteiger partial charge in [0.1, 0.15) is 5.01 Å². The van der Waals surface area contributed by atoms with Gasteiger partial charge in [0.25, 0.3) is 0 Å². The second-order valence-corrected chi connectivity index (χ2v) is 7.59. The molecule has 0 spiro atoms. The van der Waals surface area contributed by atoms with E-state index < -0.39 is 10.2 Å². The Balaban J connectivity index is 1.94.